The van der Waals surface area contributed by atoms with Gasteiger partial charge in [0.2, 0.25) is 15.9 Å². The van der Waals surface area contributed by atoms with Crippen LogP contribution in [0, 0.1) is 5.92 Å². The molecule has 0 spiro atoms. The van der Waals surface area contributed by atoms with Crippen LogP contribution in [0.15, 0.2) is 48.5 Å². The van der Waals surface area contributed by atoms with Crippen LogP contribution in [0.1, 0.15) is 25.8 Å². The fraction of sp³-hybridized carbons (Fsp3) is 0.409. The smallest absolute Gasteiger partial charge is 0.225 e. The summed E-state index contributed by atoms with van der Waals surface area (Å²) in [6, 6.07) is 15.3. The van der Waals surface area contributed by atoms with Gasteiger partial charge in [0.15, 0.2) is 0 Å². The number of carbonyl (C=O) groups is 1. The molecule has 2 aromatic rings. The fourth-order valence-corrected chi connectivity index (χ4v) is 4.93. The number of amides is 1. The van der Waals surface area contributed by atoms with Gasteiger partial charge in [-0.25, -0.2) is 13.1 Å². The van der Waals surface area contributed by atoms with Gasteiger partial charge in [-0.3, -0.25) is 4.79 Å². The van der Waals surface area contributed by atoms with E-state index in [1.165, 1.54) is 0 Å². The fourth-order valence-electron chi connectivity index (χ4n) is 3.91. The quantitative estimate of drug-likeness (QED) is 0.753. The van der Waals surface area contributed by atoms with Gasteiger partial charge in [-0.1, -0.05) is 61.8 Å². The molecule has 1 N–H and O–H groups in total. The van der Waals surface area contributed by atoms with Gasteiger partial charge in [-0.2, -0.15) is 0 Å². The number of hydrogen-bond acceptors (Lipinski definition) is 3. The Bertz CT molecular complexity index is 991. The number of nitrogens with one attached hydrogen (secondary N) is 1. The summed E-state index contributed by atoms with van der Waals surface area (Å²) >= 11 is 6.13. The molecule has 0 saturated carbocycles. The number of halogens is 1. The molecule has 0 aromatic heterocycles. The largest absolute Gasteiger partial charge is 0.337 e. The van der Waals surface area contributed by atoms with Gasteiger partial charge in [-0.05, 0) is 41.7 Å². The molecule has 1 amide bonds. The van der Waals surface area contributed by atoms with Crippen molar-refractivity contribution in [2.24, 2.45) is 5.92 Å². The van der Waals surface area contributed by atoms with Crippen LogP contribution in [0.2, 0.25) is 5.02 Å². The normalized spacial score (nSPS) is 19.7. The Kier molecular flexibility index (Phi) is 6.66. The zero-order valence-electron chi connectivity index (χ0n) is 16.9. The third-order valence-electron chi connectivity index (χ3n) is 5.22. The number of sulfonamides is 1. The van der Waals surface area contributed by atoms with Gasteiger partial charge in [-0.15, -0.1) is 0 Å². The molecule has 0 bridgehead atoms. The van der Waals surface area contributed by atoms with Crippen LogP contribution in [0.4, 0.5) is 0 Å². The predicted octanol–water partition coefficient (Wildman–Crippen LogP) is 3.72. The zero-order valence-corrected chi connectivity index (χ0v) is 18.5. The van der Waals surface area contributed by atoms with E-state index in [1.54, 1.807) is 0 Å². The Labute approximate surface area is 178 Å². The molecule has 1 aliphatic heterocycles. The first-order valence-electron chi connectivity index (χ1n) is 9.77. The summed E-state index contributed by atoms with van der Waals surface area (Å²) in [5.74, 6) is -0.0777. The van der Waals surface area contributed by atoms with Crippen molar-refractivity contribution in [3.05, 3.63) is 59.1 Å². The first kappa shape index (κ1) is 21.8. The lowest BCUT2D eigenvalue weighted by atomic mass is 9.96. The number of likely N-dealkylation sites (tertiary alicyclic amines) is 1. The molecule has 7 heteroatoms. The van der Waals surface area contributed by atoms with E-state index in [1.807, 2.05) is 61.2 Å². The van der Waals surface area contributed by atoms with Crippen molar-refractivity contribution in [2.45, 2.75) is 38.8 Å². The highest BCUT2D eigenvalue weighted by Gasteiger charge is 2.38. The number of rotatable bonds is 6. The second-order valence-corrected chi connectivity index (χ2v) is 10.2. The number of nitrogens with zero attached hydrogens (tertiary/aromatic N) is 1. The minimum atomic E-state index is -3.36. The molecule has 2 aromatic carbocycles. The van der Waals surface area contributed by atoms with Crippen LogP contribution in [-0.4, -0.2) is 44.1 Å². The van der Waals surface area contributed by atoms with E-state index < -0.39 is 10.0 Å². The Balaban J connectivity index is 1.89. The van der Waals surface area contributed by atoms with Crippen molar-refractivity contribution in [1.82, 2.24) is 9.62 Å². The molecule has 1 fully saturated rings. The molecule has 1 aliphatic rings. The van der Waals surface area contributed by atoms with E-state index in [2.05, 4.69) is 10.8 Å². The van der Waals surface area contributed by atoms with E-state index >= 15 is 0 Å². The third kappa shape index (κ3) is 5.59. The summed E-state index contributed by atoms with van der Waals surface area (Å²) in [7, 11) is -3.36. The lowest BCUT2D eigenvalue weighted by Crippen LogP contribution is -2.48. The SMILES string of the molecule is CC(C)C(=O)N1CCC(NS(C)(=O)=O)C1Cc1cccc(-c2cccc(Cl)c2)c1. The van der Waals surface area contributed by atoms with Crippen LogP contribution in [-0.2, 0) is 21.2 Å². The van der Waals surface area contributed by atoms with Crippen LogP contribution in [0.3, 0.4) is 0 Å². The van der Waals surface area contributed by atoms with Gasteiger partial charge < -0.3 is 4.90 Å². The summed E-state index contributed by atoms with van der Waals surface area (Å²) in [4.78, 5) is 14.5. The maximum absolute atomic E-state index is 12.7. The van der Waals surface area contributed by atoms with Crippen LogP contribution >= 0.6 is 11.6 Å². The molecule has 0 aliphatic carbocycles. The van der Waals surface area contributed by atoms with Crippen molar-refractivity contribution in [1.29, 1.82) is 0 Å². The van der Waals surface area contributed by atoms with E-state index in [-0.39, 0.29) is 23.9 Å². The maximum atomic E-state index is 12.7. The number of hydrogen-bond donors (Lipinski definition) is 1. The second-order valence-electron chi connectivity index (χ2n) is 7.95. The summed E-state index contributed by atoms with van der Waals surface area (Å²) in [6.45, 7) is 4.30. The average molecular weight is 435 g/mol. The van der Waals surface area contributed by atoms with Crippen molar-refractivity contribution in [3.63, 3.8) is 0 Å². The molecule has 5 nitrogen and oxygen atoms in total. The van der Waals surface area contributed by atoms with Crippen LogP contribution in [0.5, 0.6) is 0 Å². The zero-order chi connectivity index (χ0) is 21.2. The summed E-state index contributed by atoms with van der Waals surface area (Å²) < 4.78 is 26.4. The molecule has 1 saturated heterocycles. The lowest BCUT2D eigenvalue weighted by molar-refractivity contribution is -0.135. The molecule has 3 rings (SSSR count). The first-order chi connectivity index (χ1) is 13.6. The minimum Gasteiger partial charge on any atom is -0.337 e. The topological polar surface area (TPSA) is 66.5 Å². The molecule has 29 heavy (non-hydrogen) atoms. The van der Waals surface area contributed by atoms with Gasteiger partial charge >= 0.3 is 0 Å². The maximum Gasteiger partial charge on any atom is 0.225 e. The van der Waals surface area contributed by atoms with Crippen molar-refractivity contribution < 1.29 is 13.2 Å². The third-order valence-corrected chi connectivity index (χ3v) is 6.18. The molecule has 2 unspecified atom stereocenters. The van der Waals surface area contributed by atoms with Gasteiger partial charge in [0.1, 0.15) is 0 Å². The Morgan fingerprint density at radius 1 is 1.17 bits per heavy atom. The molecular formula is C22H27ClN2O3S. The molecule has 2 atom stereocenters. The minimum absolute atomic E-state index is 0.0544. The van der Waals surface area contributed by atoms with Crippen molar-refractivity contribution >= 4 is 27.5 Å². The van der Waals surface area contributed by atoms with Crippen LogP contribution < -0.4 is 4.72 Å². The number of benzene rings is 2. The molecule has 1 heterocycles. The average Bonchev–Trinajstić information content (AvgIpc) is 3.01. The lowest BCUT2D eigenvalue weighted by Gasteiger charge is -2.30. The monoisotopic (exact) mass is 434 g/mol. The van der Waals surface area contributed by atoms with Crippen molar-refractivity contribution in [3.8, 4) is 11.1 Å². The highest BCUT2D eigenvalue weighted by Crippen LogP contribution is 2.27. The molecular weight excluding hydrogens is 408 g/mol. The summed E-state index contributed by atoms with van der Waals surface area (Å²) in [5.41, 5.74) is 3.11. The van der Waals surface area contributed by atoms with E-state index in [4.69, 9.17) is 11.6 Å². The summed E-state index contributed by atoms with van der Waals surface area (Å²) in [5, 5.41) is 0.676. The first-order valence-corrected chi connectivity index (χ1v) is 12.0. The van der Waals surface area contributed by atoms with E-state index in [0.717, 1.165) is 22.9 Å². The predicted molar refractivity (Wildman–Crippen MR) is 117 cm³/mol. The van der Waals surface area contributed by atoms with Crippen molar-refractivity contribution in [2.75, 3.05) is 12.8 Å². The Hall–Kier alpha value is -1.89. The van der Waals surface area contributed by atoms with E-state index in [9.17, 15) is 13.2 Å². The molecule has 156 valence electrons. The van der Waals surface area contributed by atoms with Gasteiger partial charge in [0.05, 0.1) is 12.3 Å². The Morgan fingerprint density at radius 2 is 1.83 bits per heavy atom. The van der Waals surface area contributed by atoms with Crippen LogP contribution in [0.25, 0.3) is 11.1 Å². The highest BCUT2D eigenvalue weighted by atomic mass is 35.5. The Morgan fingerprint density at radius 3 is 2.45 bits per heavy atom. The standard InChI is InChI=1S/C22H27ClN2O3S/c1-15(2)22(26)25-11-10-20(24-29(3,27)28)21(25)13-16-6-4-7-17(12-16)18-8-5-9-19(23)14-18/h4-9,12,14-15,20-21,24H,10-11,13H2,1-3H3. The summed E-state index contributed by atoms with van der Waals surface area (Å²) in [6.07, 6.45) is 2.36. The highest BCUT2D eigenvalue weighted by molar-refractivity contribution is 7.88. The second kappa shape index (κ2) is 8.86. The van der Waals surface area contributed by atoms with Gasteiger partial charge in [0, 0.05) is 23.5 Å². The molecule has 0 radical (unpaired) electrons. The number of carbonyl (C=O) groups excluding carboxylic acids is 1. The van der Waals surface area contributed by atoms with E-state index in [0.29, 0.717) is 24.4 Å². The van der Waals surface area contributed by atoms with Gasteiger partial charge in [0.25, 0.3) is 0 Å².